The molecule has 1 fully saturated rings. The number of fused-ring (bicyclic) bond motifs is 4. The van der Waals surface area contributed by atoms with E-state index in [0.29, 0.717) is 12.5 Å². The van der Waals surface area contributed by atoms with Crippen molar-refractivity contribution >= 4 is 17.2 Å². The Bertz CT molecular complexity index is 841. The summed E-state index contributed by atoms with van der Waals surface area (Å²) in [6.07, 6.45) is 1.08. The van der Waals surface area contributed by atoms with Crippen LogP contribution in [0, 0.1) is 5.92 Å². The molecule has 2 aromatic heterocycles. The summed E-state index contributed by atoms with van der Waals surface area (Å²) in [4.78, 5) is 29.6. The molecule has 2 bridgehead atoms. The number of likely N-dealkylation sites (tertiary alicyclic amines) is 1. The number of amides is 1. The molecule has 4 rings (SSSR count). The number of nitrogens with zero attached hydrogens (tertiary/aromatic N) is 2. The van der Waals surface area contributed by atoms with E-state index in [9.17, 15) is 9.59 Å². The summed E-state index contributed by atoms with van der Waals surface area (Å²) in [5.41, 5.74) is 2.01. The molecular weight excluding hydrogens is 334 g/mol. The first-order chi connectivity index (χ1) is 12.0. The van der Waals surface area contributed by atoms with E-state index in [2.05, 4.69) is 6.07 Å². The van der Waals surface area contributed by atoms with Crippen LogP contribution >= 0.6 is 11.3 Å². The van der Waals surface area contributed by atoms with Crippen molar-refractivity contribution < 1.29 is 9.69 Å². The van der Waals surface area contributed by atoms with Crippen molar-refractivity contribution in [2.45, 2.75) is 18.9 Å². The maximum atomic E-state index is 13.0. The first-order valence-corrected chi connectivity index (χ1v) is 9.75. The van der Waals surface area contributed by atoms with Crippen LogP contribution in [-0.2, 0) is 11.3 Å². The first-order valence-electron chi connectivity index (χ1n) is 8.87. The number of pyridine rings is 1. The van der Waals surface area contributed by atoms with Crippen molar-refractivity contribution in [2.24, 2.45) is 5.92 Å². The number of rotatable bonds is 3. The Morgan fingerprint density at radius 3 is 2.80 bits per heavy atom. The molecule has 2 aromatic rings. The van der Waals surface area contributed by atoms with E-state index >= 15 is 0 Å². The SMILES string of the molecule is C[NH+](C)CC(=O)N1C[C@@H]2C[C@H](C1)c1ccc(-c3cccs3)c(=O)n1C2. The quantitative estimate of drug-likeness (QED) is 0.877. The van der Waals surface area contributed by atoms with Gasteiger partial charge in [0.1, 0.15) is 0 Å². The van der Waals surface area contributed by atoms with Gasteiger partial charge in [-0.15, -0.1) is 11.3 Å². The van der Waals surface area contributed by atoms with Gasteiger partial charge in [-0.2, -0.15) is 0 Å². The van der Waals surface area contributed by atoms with Crippen molar-refractivity contribution in [2.75, 3.05) is 33.7 Å². The van der Waals surface area contributed by atoms with Gasteiger partial charge in [-0.1, -0.05) is 6.07 Å². The number of thiophene rings is 1. The third-order valence-corrected chi connectivity index (χ3v) is 6.15. The summed E-state index contributed by atoms with van der Waals surface area (Å²) in [5, 5.41) is 2.00. The molecule has 2 aliphatic rings. The van der Waals surface area contributed by atoms with E-state index in [0.717, 1.165) is 47.1 Å². The maximum Gasteiger partial charge on any atom is 0.277 e. The monoisotopic (exact) mass is 358 g/mol. The zero-order valence-corrected chi connectivity index (χ0v) is 15.5. The molecule has 0 aromatic carbocycles. The van der Waals surface area contributed by atoms with Crippen LogP contribution in [0.25, 0.3) is 10.4 Å². The Kier molecular flexibility index (Phi) is 4.25. The molecule has 2 aliphatic heterocycles. The summed E-state index contributed by atoms with van der Waals surface area (Å²) < 4.78 is 1.97. The number of piperidine rings is 1. The molecule has 6 heteroatoms. The molecule has 4 heterocycles. The van der Waals surface area contributed by atoms with Gasteiger partial charge in [-0.3, -0.25) is 9.59 Å². The summed E-state index contributed by atoms with van der Waals surface area (Å²) in [6.45, 7) is 2.77. The molecule has 2 atom stereocenters. The molecule has 1 amide bonds. The number of hydrogen-bond donors (Lipinski definition) is 1. The third-order valence-electron chi connectivity index (χ3n) is 5.25. The number of carbonyl (C=O) groups is 1. The molecule has 132 valence electrons. The lowest BCUT2D eigenvalue weighted by molar-refractivity contribution is -0.849. The predicted octanol–water partition coefficient (Wildman–Crippen LogP) is 0.667. The minimum absolute atomic E-state index is 0.118. The van der Waals surface area contributed by atoms with Gasteiger partial charge >= 0.3 is 0 Å². The molecule has 0 saturated carbocycles. The molecule has 1 saturated heterocycles. The molecule has 25 heavy (non-hydrogen) atoms. The summed E-state index contributed by atoms with van der Waals surface area (Å²) >= 11 is 1.60. The number of quaternary nitrogens is 1. The van der Waals surface area contributed by atoms with Gasteiger partial charge in [0.2, 0.25) is 0 Å². The van der Waals surface area contributed by atoms with E-state index in [-0.39, 0.29) is 17.4 Å². The van der Waals surface area contributed by atoms with Gasteiger partial charge in [-0.05, 0) is 35.9 Å². The van der Waals surface area contributed by atoms with Gasteiger partial charge in [0.05, 0.1) is 19.7 Å². The second-order valence-corrected chi connectivity index (χ2v) is 8.49. The zero-order chi connectivity index (χ0) is 17.6. The average Bonchev–Trinajstić information content (AvgIpc) is 3.09. The second-order valence-electron chi connectivity index (χ2n) is 7.55. The minimum Gasteiger partial charge on any atom is -0.337 e. The van der Waals surface area contributed by atoms with Gasteiger partial charge in [0.25, 0.3) is 11.5 Å². The summed E-state index contributed by atoms with van der Waals surface area (Å²) in [6, 6.07) is 8.05. The van der Waals surface area contributed by atoms with Crippen LogP contribution in [-0.4, -0.2) is 49.1 Å². The standard InChI is InChI=1S/C19H23N3O2S/c1-20(2)12-18(23)21-9-13-8-14(11-21)16-6-5-15(17-4-3-7-25-17)19(24)22(16)10-13/h3-7,13-14H,8-12H2,1-2H3/p+1/t13-,14+/m0/s1. The fraction of sp³-hybridized carbons (Fsp3) is 0.474. The van der Waals surface area contributed by atoms with Crippen LogP contribution in [0.3, 0.4) is 0 Å². The smallest absolute Gasteiger partial charge is 0.277 e. The summed E-state index contributed by atoms with van der Waals surface area (Å²) in [7, 11) is 4.01. The van der Waals surface area contributed by atoms with Crippen LogP contribution < -0.4 is 10.5 Å². The fourth-order valence-corrected chi connectivity index (χ4v) is 4.93. The number of nitrogens with one attached hydrogen (secondary N) is 1. The Labute approximate surface area is 151 Å². The Hall–Kier alpha value is -1.92. The van der Waals surface area contributed by atoms with Gasteiger partial charge in [-0.25, -0.2) is 0 Å². The van der Waals surface area contributed by atoms with E-state index in [1.54, 1.807) is 11.3 Å². The molecule has 0 radical (unpaired) electrons. The maximum absolute atomic E-state index is 13.0. The highest BCUT2D eigenvalue weighted by atomic mass is 32.1. The highest BCUT2D eigenvalue weighted by molar-refractivity contribution is 7.13. The number of carbonyl (C=O) groups excluding carboxylic acids is 1. The largest absolute Gasteiger partial charge is 0.337 e. The third kappa shape index (κ3) is 3.04. The Morgan fingerprint density at radius 1 is 1.24 bits per heavy atom. The van der Waals surface area contributed by atoms with E-state index in [1.165, 1.54) is 0 Å². The highest BCUT2D eigenvalue weighted by Crippen LogP contribution is 2.36. The Morgan fingerprint density at radius 2 is 2.08 bits per heavy atom. The van der Waals surface area contributed by atoms with Crippen LogP contribution in [0.1, 0.15) is 18.0 Å². The van der Waals surface area contributed by atoms with Crippen molar-refractivity contribution in [1.82, 2.24) is 9.47 Å². The fourth-order valence-electron chi connectivity index (χ4n) is 4.18. The van der Waals surface area contributed by atoms with Crippen molar-refractivity contribution in [3.05, 3.63) is 45.7 Å². The van der Waals surface area contributed by atoms with Gasteiger partial charge in [0, 0.05) is 36.1 Å². The summed E-state index contributed by atoms with van der Waals surface area (Å²) in [5.74, 6) is 0.878. The molecule has 0 spiro atoms. The van der Waals surface area contributed by atoms with E-state index in [4.69, 9.17) is 0 Å². The lowest BCUT2D eigenvalue weighted by Gasteiger charge is -2.42. The highest BCUT2D eigenvalue weighted by Gasteiger charge is 2.37. The minimum atomic E-state index is 0.118. The lowest BCUT2D eigenvalue weighted by atomic mass is 9.83. The second kappa shape index (κ2) is 6.42. The Balaban J connectivity index is 1.64. The molecule has 0 aliphatic carbocycles. The average molecular weight is 358 g/mol. The van der Waals surface area contributed by atoms with Crippen LogP contribution in [0.15, 0.2) is 34.4 Å². The topological polar surface area (TPSA) is 46.8 Å². The van der Waals surface area contributed by atoms with Crippen LogP contribution in [0.5, 0.6) is 0 Å². The van der Waals surface area contributed by atoms with Crippen molar-refractivity contribution in [3.8, 4) is 10.4 Å². The zero-order valence-electron chi connectivity index (χ0n) is 14.7. The van der Waals surface area contributed by atoms with Gasteiger partial charge in [0.15, 0.2) is 6.54 Å². The van der Waals surface area contributed by atoms with E-state index < -0.39 is 0 Å². The first kappa shape index (κ1) is 16.5. The van der Waals surface area contributed by atoms with Crippen molar-refractivity contribution in [1.29, 1.82) is 0 Å². The predicted molar refractivity (Wildman–Crippen MR) is 99.1 cm³/mol. The molecule has 5 nitrogen and oxygen atoms in total. The van der Waals surface area contributed by atoms with Crippen LogP contribution in [0.2, 0.25) is 0 Å². The number of aromatic nitrogens is 1. The van der Waals surface area contributed by atoms with Crippen LogP contribution in [0.4, 0.5) is 0 Å². The number of likely N-dealkylation sites (N-methyl/N-ethyl adjacent to an activating group) is 1. The molecule has 0 unspecified atom stereocenters. The van der Waals surface area contributed by atoms with Crippen molar-refractivity contribution in [3.63, 3.8) is 0 Å². The molecular formula is C19H24N3O2S+. The number of hydrogen-bond acceptors (Lipinski definition) is 3. The molecule has 1 N–H and O–H groups in total. The van der Waals surface area contributed by atoms with Gasteiger partial charge < -0.3 is 14.4 Å². The van der Waals surface area contributed by atoms with E-state index in [1.807, 2.05) is 47.1 Å². The normalized spacial score (nSPS) is 22.1. The lowest BCUT2D eigenvalue weighted by Crippen LogP contribution is -3.07.